The maximum absolute atomic E-state index is 9.97. The first-order valence-corrected chi connectivity index (χ1v) is 8.42. The molecule has 0 aliphatic rings. The van der Waals surface area contributed by atoms with Crippen molar-refractivity contribution >= 4 is 24.3 Å². The van der Waals surface area contributed by atoms with Crippen LogP contribution in [0.1, 0.15) is 27.8 Å². The van der Waals surface area contributed by atoms with Crippen molar-refractivity contribution in [2.24, 2.45) is 0 Å². The molecule has 0 atom stereocenters. The van der Waals surface area contributed by atoms with E-state index in [0.717, 1.165) is 27.8 Å². The number of aryl methyl sites for hydroxylation is 1. The highest BCUT2D eigenvalue weighted by Crippen LogP contribution is 2.26. The number of phenols is 4. The van der Waals surface area contributed by atoms with Gasteiger partial charge in [-0.05, 0) is 71.1 Å². The number of benzene rings is 3. The Morgan fingerprint density at radius 2 is 1.04 bits per heavy atom. The van der Waals surface area contributed by atoms with Gasteiger partial charge in [0, 0.05) is 0 Å². The van der Waals surface area contributed by atoms with Crippen LogP contribution in [-0.2, 0) is 0 Å². The molecule has 4 N–H and O–H groups in total. The van der Waals surface area contributed by atoms with E-state index in [1.165, 1.54) is 12.1 Å². The zero-order chi connectivity index (χ0) is 19.4. The van der Waals surface area contributed by atoms with Crippen molar-refractivity contribution in [1.82, 2.24) is 0 Å². The van der Waals surface area contributed by atoms with Crippen LogP contribution in [0.3, 0.4) is 0 Å². The summed E-state index contributed by atoms with van der Waals surface area (Å²) in [6, 6.07) is 15.2. The summed E-state index contributed by atoms with van der Waals surface area (Å²) in [4.78, 5) is 0. The van der Waals surface area contributed by atoms with Crippen LogP contribution in [0, 0.1) is 6.92 Å². The SMILES string of the molecule is Cc1ccc(/C=C/c2cc(O)cc(/C=C/c3ccc(O)c(O)c3)c2)cc1O. The fourth-order valence-corrected chi connectivity index (χ4v) is 2.61. The second kappa shape index (κ2) is 7.70. The molecule has 4 heteroatoms. The van der Waals surface area contributed by atoms with E-state index in [9.17, 15) is 20.4 Å². The van der Waals surface area contributed by atoms with Gasteiger partial charge in [0.15, 0.2) is 11.5 Å². The fourth-order valence-electron chi connectivity index (χ4n) is 2.61. The van der Waals surface area contributed by atoms with Gasteiger partial charge in [-0.2, -0.15) is 0 Å². The van der Waals surface area contributed by atoms with E-state index in [1.807, 2.05) is 37.3 Å². The molecule has 3 aromatic carbocycles. The van der Waals surface area contributed by atoms with Gasteiger partial charge in [-0.1, -0.05) is 42.5 Å². The largest absolute Gasteiger partial charge is 0.508 e. The summed E-state index contributed by atoms with van der Waals surface area (Å²) in [5.41, 5.74) is 3.99. The predicted octanol–water partition coefficient (Wildman–Crippen LogP) is 5.16. The molecule has 0 unspecified atom stereocenters. The minimum Gasteiger partial charge on any atom is -0.508 e. The lowest BCUT2D eigenvalue weighted by atomic mass is 10.1. The number of aromatic hydroxyl groups is 4. The molecule has 0 radical (unpaired) electrons. The van der Waals surface area contributed by atoms with Crippen LogP contribution in [0.4, 0.5) is 0 Å². The van der Waals surface area contributed by atoms with Gasteiger partial charge >= 0.3 is 0 Å². The highest BCUT2D eigenvalue weighted by atomic mass is 16.3. The minimum absolute atomic E-state index is 0.136. The van der Waals surface area contributed by atoms with Crippen LogP contribution in [0.5, 0.6) is 23.0 Å². The Morgan fingerprint density at radius 3 is 1.59 bits per heavy atom. The maximum Gasteiger partial charge on any atom is 0.157 e. The van der Waals surface area contributed by atoms with E-state index in [4.69, 9.17) is 0 Å². The lowest BCUT2D eigenvalue weighted by Crippen LogP contribution is -1.79. The molecule has 0 aliphatic heterocycles. The average Bonchev–Trinajstić information content (AvgIpc) is 2.63. The van der Waals surface area contributed by atoms with Gasteiger partial charge in [0.25, 0.3) is 0 Å². The first kappa shape index (κ1) is 18.1. The first-order valence-electron chi connectivity index (χ1n) is 8.42. The summed E-state index contributed by atoms with van der Waals surface area (Å²) in [6.45, 7) is 1.84. The average molecular weight is 360 g/mol. The van der Waals surface area contributed by atoms with Crippen LogP contribution in [0.25, 0.3) is 24.3 Å². The molecule has 4 nitrogen and oxygen atoms in total. The molecule has 3 rings (SSSR count). The molecular weight excluding hydrogens is 340 g/mol. The van der Waals surface area contributed by atoms with E-state index in [-0.39, 0.29) is 23.0 Å². The van der Waals surface area contributed by atoms with E-state index in [1.54, 1.807) is 36.4 Å². The molecule has 0 spiro atoms. The monoisotopic (exact) mass is 360 g/mol. The lowest BCUT2D eigenvalue weighted by Gasteiger charge is -2.02. The summed E-state index contributed by atoms with van der Waals surface area (Å²) < 4.78 is 0. The molecule has 27 heavy (non-hydrogen) atoms. The van der Waals surface area contributed by atoms with Gasteiger partial charge in [0.2, 0.25) is 0 Å². The zero-order valence-electron chi connectivity index (χ0n) is 14.8. The van der Waals surface area contributed by atoms with Gasteiger partial charge < -0.3 is 20.4 Å². The summed E-state index contributed by atoms with van der Waals surface area (Å²) in [7, 11) is 0. The Kier molecular flexibility index (Phi) is 5.18. The molecule has 0 fully saturated rings. The van der Waals surface area contributed by atoms with Gasteiger partial charge in [0.05, 0.1) is 0 Å². The predicted molar refractivity (Wildman–Crippen MR) is 109 cm³/mol. The van der Waals surface area contributed by atoms with Crippen LogP contribution < -0.4 is 0 Å². The van der Waals surface area contributed by atoms with Crippen LogP contribution in [0.15, 0.2) is 54.6 Å². The Balaban J connectivity index is 1.83. The second-order valence-electron chi connectivity index (χ2n) is 6.32. The highest BCUT2D eigenvalue weighted by molar-refractivity contribution is 5.76. The second-order valence-corrected chi connectivity index (χ2v) is 6.32. The first-order chi connectivity index (χ1) is 12.9. The van der Waals surface area contributed by atoms with Crippen molar-refractivity contribution in [1.29, 1.82) is 0 Å². The third-order valence-electron chi connectivity index (χ3n) is 4.13. The summed E-state index contributed by atoms with van der Waals surface area (Å²) >= 11 is 0. The lowest BCUT2D eigenvalue weighted by molar-refractivity contribution is 0.403. The number of hydrogen-bond acceptors (Lipinski definition) is 4. The highest BCUT2D eigenvalue weighted by Gasteiger charge is 2.00. The third-order valence-corrected chi connectivity index (χ3v) is 4.13. The van der Waals surface area contributed by atoms with E-state index < -0.39 is 0 Å². The molecule has 0 aromatic heterocycles. The standard InChI is InChI=1S/C23H20O4/c1-15-2-3-16(13-22(15)26)4-6-18-10-19(12-20(24)11-18)7-5-17-8-9-21(25)23(27)14-17/h2-14,24-27H,1H3/b6-4+,7-5+. The van der Waals surface area contributed by atoms with Crippen molar-refractivity contribution in [3.05, 3.63) is 82.4 Å². The molecule has 0 heterocycles. The topological polar surface area (TPSA) is 80.9 Å². The van der Waals surface area contributed by atoms with Gasteiger partial charge in [0.1, 0.15) is 11.5 Å². The summed E-state index contributed by atoms with van der Waals surface area (Å²) in [5.74, 6) is 0.0306. The zero-order valence-corrected chi connectivity index (χ0v) is 14.8. The summed E-state index contributed by atoms with van der Waals surface area (Å²) in [5, 5.41) is 38.7. The summed E-state index contributed by atoms with van der Waals surface area (Å²) in [6.07, 6.45) is 7.30. The fraction of sp³-hybridized carbons (Fsp3) is 0.0435. The van der Waals surface area contributed by atoms with Crippen molar-refractivity contribution in [3.63, 3.8) is 0 Å². The molecular formula is C23H20O4. The van der Waals surface area contributed by atoms with E-state index in [0.29, 0.717) is 0 Å². The van der Waals surface area contributed by atoms with Crippen LogP contribution in [0.2, 0.25) is 0 Å². The number of phenolic OH excluding ortho intramolecular Hbond substituents is 4. The van der Waals surface area contributed by atoms with Crippen LogP contribution in [-0.4, -0.2) is 20.4 Å². The van der Waals surface area contributed by atoms with Gasteiger partial charge in [-0.25, -0.2) is 0 Å². The molecule has 0 aliphatic carbocycles. The molecule has 0 saturated carbocycles. The van der Waals surface area contributed by atoms with E-state index in [2.05, 4.69) is 0 Å². The Labute approximate surface area is 157 Å². The van der Waals surface area contributed by atoms with Crippen molar-refractivity contribution < 1.29 is 20.4 Å². The number of hydrogen-bond donors (Lipinski definition) is 4. The maximum atomic E-state index is 9.97. The smallest absolute Gasteiger partial charge is 0.157 e. The van der Waals surface area contributed by atoms with Crippen LogP contribution >= 0.6 is 0 Å². The molecule has 136 valence electrons. The van der Waals surface area contributed by atoms with Gasteiger partial charge in [-0.3, -0.25) is 0 Å². The quantitative estimate of drug-likeness (QED) is 0.383. The Hall–Kier alpha value is -3.66. The molecule has 0 saturated heterocycles. The normalized spacial score (nSPS) is 11.4. The van der Waals surface area contributed by atoms with Crippen molar-refractivity contribution in [3.8, 4) is 23.0 Å². The molecule has 0 bridgehead atoms. The Morgan fingerprint density at radius 1 is 0.519 bits per heavy atom. The molecule has 3 aromatic rings. The number of rotatable bonds is 4. The van der Waals surface area contributed by atoms with E-state index >= 15 is 0 Å². The third kappa shape index (κ3) is 4.70. The van der Waals surface area contributed by atoms with Gasteiger partial charge in [-0.15, -0.1) is 0 Å². The minimum atomic E-state index is -0.182. The molecule has 0 amide bonds. The van der Waals surface area contributed by atoms with Crippen molar-refractivity contribution in [2.75, 3.05) is 0 Å². The van der Waals surface area contributed by atoms with Crippen molar-refractivity contribution in [2.45, 2.75) is 6.92 Å². The Bertz CT molecular complexity index is 953.